The lowest BCUT2D eigenvalue weighted by molar-refractivity contribution is 0.177. The molecule has 1 aromatic rings. The highest BCUT2D eigenvalue weighted by atomic mass is 32.2. The molecule has 0 aliphatic carbocycles. The predicted octanol–water partition coefficient (Wildman–Crippen LogP) is 0.345. The third-order valence-corrected chi connectivity index (χ3v) is 3.71. The summed E-state index contributed by atoms with van der Waals surface area (Å²) >= 11 is 0. The van der Waals surface area contributed by atoms with Gasteiger partial charge in [0.1, 0.15) is 0 Å². The minimum atomic E-state index is -3.97. The molecule has 1 heterocycles. The van der Waals surface area contributed by atoms with E-state index < -0.39 is 16.3 Å². The van der Waals surface area contributed by atoms with Crippen LogP contribution in [0.5, 0.6) is 0 Å². The lowest BCUT2D eigenvalue weighted by Gasteiger charge is -2.20. The summed E-state index contributed by atoms with van der Waals surface area (Å²) in [5, 5.41) is 3.21. The topological polar surface area (TPSA) is 96.5 Å². The number of ether oxygens (including phenoxy) is 1. The number of carbonyl (C=O) groups is 1. The SMILES string of the molecule is COC(=O)NS(=O)(=O)Nc1cccc2c1CCNC2. The zero-order valence-electron chi connectivity index (χ0n) is 10.4. The van der Waals surface area contributed by atoms with Gasteiger partial charge >= 0.3 is 16.3 Å². The summed E-state index contributed by atoms with van der Waals surface area (Å²) in [6, 6.07) is 5.37. The van der Waals surface area contributed by atoms with Gasteiger partial charge in [0.2, 0.25) is 0 Å². The third kappa shape index (κ3) is 3.36. The Kier molecular flexibility index (Phi) is 3.91. The van der Waals surface area contributed by atoms with Gasteiger partial charge in [-0.3, -0.25) is 4.72 Å². The van der Waals surface area contributed by atoms with Gasteiger partial charge in [-0.1, -0.05) is 12.1 Å². The summed E-state index contributed by atoms with van der Waals surface area (Å²) in [5.41, 5.74) is 2.47. The second-order valence-corrected chi connectivity index (χ2v) is 5.48. The third-order valence-electron chi connectivity index (χ3n) is 2.79. The van der Waals surface area contributed by atoms with Crippen molar-refractivity contribution < 1.29 is 17.9 Å². The highest BCUT2D eigenvalue weighted by molar-refractivity contribution is 7.91. The van der Waals surface area contributed by atoms with Gasteiger partial charge in [-0.05, 0) is 30.2 Å². The minimum Gasteiger partial charge on any atom is -0.452 e. The van der Waals surface area contributed by atoms with Gasteiger partial charge in [0, 0.05) is 6.54 Å². The zero-order valence-corrected chi connectivity index (χ0v) is 11.2. The maximum Gasteiger partial charge on any atom is 0.422 e. The van der Waals surface area contributed by atoms with Crippen molar-refractivity contribution in [3.8, 4) is 0 Å². The van der Waals surface area contributed by atoms with E-state index in [1.165, 1.54) is 0 Å². The summed E-state index contributed by atoms with van der Waals surface area (Å²) in [4.78, 5) is 10.9. The van der Waals surface area contributed by atoms with E-state index in [-0.39, 0.29) is 0 Å². The van der Waals surface area contributed by atoms with Gasteiger partial charge in [-0.2, -0.15) is 8.42 Å². The van der Waals surface area contributed by atoms with Crippen LogP contribution in [0.15, 0.2) is 18.2 Å². The van der Waals surface area contributed by atoms with Gasteiger partial charge in [-0.25, -0.2) is 9.52 Å². The van der Waals surface area contributed by atoms with E-state index in [1.807, 2.05) is 6.07 Å². The van der Waals surface area contributed by atoms with E-state index in [0.717, 1.165) is 31.2 Å². The molecular weight excluding hydrogens is 270 g/mol. The molecule has 0 radical (unpaired) electrons. The molecular formula is C11H15N3O4S. The first kappa shape index (κ1) is 13.6. The fourth-order valence-electron chi connectivity index (χ4n) is 1.95. The Balaban J connectivity index is 2.22. The second-order valence-electron chi connectivity index (χ2n) is 4.07. The lowest BCUT2D eigenvalue weighted by Crippen LogP contribution is -2.36. The Hall–Kier alpha value is -1.80. The zero-order chi connectivity index (χ0) is 13.9. The molecule has 0 aromatic heterocycles. The molecule has 3 N–H and O–H groups in total. The Morgan fingerprint density at radius 2 is 2.21 bits per heavy atom. The van der Waals surface area contributed by atoms with Gasteiger partial charge in [0.15, 0.2) is 0 Å². The van der Waals surface area contributed by atoms with E-state index >= 15 is 0 Å². The average Bonchev–Trinajstić information content (AvgIpc) is 2.38. The highest BCUT2D eigenvalue weighted by Gasteiger charge is 2.18. The summed E-state index contributed by atoms with van der Waals surface area (Å²) in [7, 11) is -2.88. The van der Waals surface area contributed by atoms with Crippen LogP contribution in [0.3, 0.4) is 0 Å². The van der Waals surface area contributed by atoms with Crippen LogP contribution in [0.25, 0.3) is 0 Å². The molecule has 1 aliphatic heterocycles. The number of amides is 1. The highest BCUT2D eigenvalue weighted by Crippen LogP contribution is 2.23. The maximum absolute atomic E-state index is 11.7. The van der Waals surface area contributed by atoms with Crippen LogP contribution >= 0.6 is 0 Å². The molecule has 0 saturated carbocycles. The molecule has 8 heteroatoms. The number of benzene rings is 1. The molecule has 0 spiro atoms. The lowest BCUT2D eigenvalue weighted by atomic mass is 9.99. The molecule has 19 heavy (non-hydrogen) atoms. The van der Waals surface area contributed by atoms with Gasteiger partial charge in [0.25, 0.3) is 0 Å². The Morgan fingerprint density at radius 1 is 1.42 bits per heavy atom. The number of nitrogens with one attached hydrogen (secondary N) is 3. The first-order chi connectivity index (χ1) is 9.02. The average molecular weight is 285 g/mol. The van der Waals surface area contributed by atoms with E-state index in [1.54, 1.807) is 16.9 Å². The van der Waals surface area contributed by atoms with Gasteiger partial charge < -0.3 is 10.1 Å². The molecule has 0 atom stereocenters. The first-order valence-electron chi connectivity index (χ1n) is 5.72. The first-order valence-corrected chi connectivity index (χ1v) is 7.20. The number of carbonyl (C=O) groups excluding carboxylic acids is 1. The van der Waals surface area contributed by atoms with Crippen LogP contribution in [-0.2, 0) is 27.9 Å². The van der Waals surface area contributed by atoms with Crippen molar-refractivity contribution in [3.05, 3.63) is 29.3 Å². The minimum absolute atomic E-state index is 0.482. The van der Waals surface area contributed by atoms with Crippen LogP contribution in [0.4, 0.5) is 10.5 Å². The van der Waals surface area contributed by atoms with Crippen molar-refractivity contribution in [2.45, 2.75) is 13.0 Å². The molecule has 1 amide bonds. The van der Waals surface area contributed by atoms with Gasteiger partial charge in [0.05, 0.1) is 12.8 Å². The van der Waals surface area contributed by atoms with Crippen molar-refractivity contribution in [1.29, 1.82) is 0 Å². The molecule has 0 saturated heterocycles. The molecule has 104 valence electrons. The monoisotopic (exact) mass is 285 g/mol. The normalized spacial score (nSPS) is 14.4. The van der Waals surface area contributed by atoms with E-state index in [4.69, 9.17) is 0 Å². The standard InChI is InChI=1S/C11H15N3O4S/c1-18-11(15)14-19(16,17)13-10-4-2-3-8-7-12-6-5-9(8)10/h2-4,12-13H,5-7H2,1H3,(H,14,15). The van der Waals surface area contributed by atoms with Crippen LogP contribution in [0.1, 0.15) is 11.1 Å². The molecule has 2 rings (SSSR count). The van der Waals surface area contributed by atoms with E-state index in [0.29, 0.717) is 12.2 Å². The largest absolute Gasteiger partial charge is 0.452 e. The summed E-state index contributed by atoms with van der Waals surface area (Å²) < 4.78 is 31.8. The van der Waals surface area contributed by atoms with Crippen LogP contribution < -0.4 is 14.8 Å². The number of hydrogen-bond donors (Lipinski definition) is 3. The number of hydrogen-bond acceptors (Lipinski definition) is 5. The second kappa shape index (κ2) is 5.45. The summed E-state index contributed by atoms with van der Waals surface area (Å²) in [5.74, 6) is 0. The molecule has 0 fully saturated rings. The van der Waals surface area contributed by atoms with Crippen molar-refractivity contribution in [2.24, 2.45) is 0 Å². The number of anilines is 1. The molecule has 0 bridgehead atoms. The molecule has 1 aromatic carbocycles. The predicted molar refractivity (Wildman–Crippen MR) is 69.9 cm³/mol. The number of rotatable bonds is 3. The van der Waals surface area contributed by atoms with Crippen LogP contribution in [0, 0.1) is 0 Å². The summed E-state index contributed by atoms with van der Waals surface area (Å²) in [6.07, 6.45) is -0.300. The van der Waals surface area contributed by atoms with Crippen LogP contribution in [-0.4, -0.2) is 28.2 Å². The van der Waals surface area contributed by atoms with Crippen molar-refractivity contribution in [3.63, 3.8) is 0 Å². The Morgan fingerprint density at radius 3 is 2.95 bits per heavy atom. The van der Waals surface area contributed by atoms with Gasteiger partial charge in [-0.15, -0.1) is 0 Å². The fraction of sp³-hybridized carbons (Fsp3) is 0.364. The number of fused-ring (bicyclic) bond motifs is 1. The van der Waals surface area contributed by atoms with Crippen molar-refractivity contribution in [1.82, 2.24) is 10.0 Å². The van der Waals surface area contributed by atoms with Crippen molar-refractivity contribution >= 4 is 22.0 Å². The molecule has 7 nitrogen and oxygen atoms in total. The molecule has 0 unspecified atom stereocenters. The smallest absolute Gasteiger partial charge is 0.422 e. The Labute approximate surface area is 111 Å². The Bertz CT molecular complexity index is 586. The maximum atomic E-state index is 11.7. The van der Waals surface area contributed by atoms with Crippen molar-refractivity contribution in [2.75, 3.05) is 18.4 Å². The fourth-order valence-corrected chi connectivity index (χ4v) is 2.78. The van der Waals surface area contributed by atoms with E-state index in [9.17, 15) is 13.2 Å². The molecule has 1 aliphatic rings. The van der Waals surface area contributed by atoms with Crippen LogP contribution in [0.2, 0.25) is 0 Å². The summed E-state index contributed by atoms with van der Waals surface area (Å²) in [6.45, 7) is 1.49. The van der Waals surface area contributed by atoms with E-state index in [2.05, 4.69) is 14.8 Å². The number of methoxy groups -OCH3 is 1. The quantitative estimate of drug-likeness (QED) is 0.744.